The van der Waals surface area contributed by atoms with Crippen LogP contribution in [0.25, 0.3) is 0 Å². The van der Waals surface area contributed by atoms with Gasteiger partial charge in [0.05, 0.1) is 30.8 Å². The van der Waals surface area contributed by atoms with Gasteiger partial charge in [0.15, 0.2) is 5.17 Å². The second-order valence-electron chi connectivity index (χ2n) is 9.99. The van der Waals surface area contributed by atoms with Gasteiger partial charge in [-0.3, -0.25) is 4.79 Å². The standard InChI is InChI=1S/C27H33N3O3S/c1-5-21-24(26(32)33-4)25(20-10-15(2)6-7-16(20)3)30-19(14-34-27(30)29-21)13-23(31)28-22-12-17-8-9-18(22)11-17/h6-7,10,14,17-18,22,25H,5,8-9,11-13H2,1-4H3,(H,28,31)/t17-,18-,22+,25-/m0/s1. The molecule has 6 nitrogen and oxygen atoms in total. The molecule has 34 heavy (non-hydrogen) atoms. The van der Waals surface area contributed by atoms with Crippen LogP contribution in [0.3, 0.4) is 0 Å². The number of hydrogen-bond donors (Lipinski definition) is 1. The van der Waals surface area contributed by atoms with Crippen LogP contribution in [0.5, 0.6) is 0 Å². The molecule has 7 heteroatoms. The third kappa shape index (κ3) is 4.08. The van der Waals surface area contributed by atoms with Crippen molar-refractivity contribution in [2.45, 2.75) is 71.4 Å². The van der Waals surface area contributed by atoms with Gasteiger partial charge in [0, 0.05) is 11.7 Å². The van der Waals surface area contributed by atoms with Gasteiger partial charge < -0.3 is 15.0 Å². The van der Waals surface area contributed by atoms with Gasteiger partial charge in [-0.2, -0.15) is 0 Å². The van der Waals surface area contributed by atoms with Crippen LogP contribution in [0.15, 0.2) is 45.6 Å². The van der Waals surface area contributed by atoms with Crippen LogP contribution in [-0.2, 0) is 14.3 Å². The highest BCUT2D eigenvalue weighted by molar-refractivity contribution is 8.16. The number of ether oxygens (including phenoxy) is 1. The number of allylic oxidation sites excluding steroid dienone is 1. The molecule has 4 atom stereocenters. The number of nitrogens with zero attached hydrogens (tertiary/aromatic N) is 2. The van der Waals surface area contributed by atoms with Gasteiger partial charge in [0.1, 0.15) is 0 Å². The number of rotatable bonds is 6. The fourth-order valence-electron chi connectivity index (χ4n) is 6.10. The summed E-state index contributed by atoms with van der Waals surface area (Å²) in [5.74, 6) is 1.10. The van der Waals surface area contributed by atoms with Gasteiger partial charge in [-0.15, -0.1) is 0 Å². The first-order valence-corrected chi connectivity index (χ1v) is 13.2. The quantitative estimate of drug-likeness (QED) is 0.573. The highest BCUT2D eigenvalue weighted by Crippen LogP contribution is 2.47. The molecule has 0 saturated heterocycles. The number of aryl methyl sites for hydroxylation is 2. The second-order valence-corrected chi connectivity index (χ2v) is 10.8. The minimum atomic E-state index is -0.369. The average Bonchev–Trinajstić information content (AvgIpc) is 3.55. The summed E-state index contributed by atoms with van der Waals surface area (Å²) >= 11 is 1.53. The molecule has 0 radical (unpaired) electrons. The largest absolute Gasteiger partial charge is 0.466 e. The molecule has 1 aromatic rings. The van der Waals surface area contributed by atoms with E-state index in [0.717, 1.165) is 45.6 Å². The van der Waals surface area contributed by atoms with Gasteiger partial charge in [-0.05, 0) is 67.9 Å². The van der Waals surface area contributed by atoms with Gasteiger partial charge in [-0.1, -0.05) is 48.9 Å². The fourth-order valence-corrected chi connectivity index (χ4v) is 7.04. The van der Waals surface area contributed by atoms with Crippen molar-refractivity contribution < 1.29 is 14.3 Å². The zero-order chi connectivity index (χ0) is 24.0. The van der Waals surface area contributed by atoms with E-state index in [0.29, 0.717) is 24.0 Å². The molecular formula is C27H33N3O3S. The number of hydrogen-bond acceptors (Lipinski definition) is 6. The predicted molar refractivity (Wildman–Crippen MR) is 135 cm³/mol. The van der Waals surface area contributed by atoms with Crippen LogP contribution >= 0.6 is 11.8 Å². The Morgan fingerprint density at radius 3 is 2.74 bits per heavy atom. The van der Waals surface area contributed by atoms with E-state index in [-0.39, 0.29) is 24.3 Å². The Kier molecular flexibility index (Phi) is 6.32. The molecule has 1 aromatic carbocycles. The molecule has 2 aliphatic carbocycles. The molecule has 2 aliphatic heterocycles. The van der Waals surface area contributed by atoms with E-state index in [2.05, 4.69) is 42.3 Å². The smallest absolute Gasteiger partial charge is 0.338 e. The number of benzene rings is 1. The molecule has 2 fully saturated rings. The molecule has 0 unspecified atom stereocenters. The highest BCUT2D eigenvalue weighted by atomic mass is 32.2. The summed E-state index contributed by atoms with van der Waals surface area (Å²) < 4.78 is 5.23. The first-order chi connectivity index (χ1) is 16.4. The third-order valence-electron chi connectivity index (χ3n) is 7.78. The highest BCUT2D eigenvalue weighted by Gasteiger charge is 2.43. The van der Waals surface area contributed by atoms with E-state index >= 15 is 0 Å². The second kappa shape index (κ2) is 9.25. The maximum atomic E-state index is 13.1. The van der Waals surface area contributed by atoms with E-state index in [1.165, 1.54) is 38.1 Å². The summed E-state index contributed by atoms with van der Waals surface area (Å²) in [4.78, 5) is 33.1. The van der Waals surface area contributed by atoms with Crippen molar-refractivity contribution in [2.24, 2.45) is 16.8 Å². The van der Waals surface area contributed by atoms with Gasteiger partial charge >= 0.3 is 5.97 Å². The monoisotopic (exact) mass is 479 g/mol. The Morgan fingerprint density at radius 1 is 1.24 bits per heavy atom. The van der Waals surface area contributed by atoms with Crippen molar-refractivity contribution in [3.63, 3.8) is 0 Å². The zero-order valence-electron chi connectivity index (χ0n) is 20.4. The number of aliphatic imine (C=N–C) groups is 1. The molecule has 1 N–H and O–H groups in total. The Morgan fingerprint density at radius 2 is 2.06 bits per heavy atom. The van der Waals surface area contributed by atoms with Crippen LogP contribution < -0.4 is 5.32 Å². The van der Waals surface area contributed by atoms with Gasteiger partial charge in [-0.25, -0.2) is 9.79 Å². The van der Waals surface area contributed by atoms with Crippen molar-refractivity contribution in [1.82, 2.24) is 10.2 Å². The summed E-state index contributed by atoms with van der Waals surface area (Å²) in [5, 5.41) is 6.15. The molecule has 2 heterocycles. The lowest BCUT2D eigenvalue weighted by Gasteiger charge is -2.37. The van der Waals surface area contributed by atoms with Crippen LogP contribution in [0.1, 0.15) is 68.2 Å². The van der Waals surface area contributed by atoms with Crippen molar-refractivity contribution in [1.29, 1.82) is 0 Å². The van der Waals surface area contributed by atoms with Crippen LogP contribution in [-0.4, -0.2) is 35.1 Å². The summed E-state index contributed by atoms with van der Waals surface area (Å²) in [6, 6.07) is 6.24. The predicted octanol–water partition coefficient (Wildman–Crippen LogP) is 5.14. The Bertz CT molecular complexity index is 1120. The molecular weight excluding hydrogens is 446 g/mol. The fraction of sp³-hybridized carbons (Fsp3) is 0.519. The van der Waals surface area contributed by atoms with Crippen molar-refractivity contribution in [3.05, 3.63) is 57.3 Å². The number of methoxy groups -OCH3 is 1. The Labute approximate surface area is 205 Å². The number of amidine groups is 1. The molecule has 2 saturated carbocycles. The summed E-state index contributed by atoms with van der Waals surface area (Å²) in [7, 11) is 1.42. The lowest BCUT2D eigenvalue weighted by atomic mass is 9.89. The normalized spacial score (nSPS) is 27.5. The van der Waals surface area contributed by atoms with Crippen LogP contribution in [0.2, 0.25) is 0 Å². The number of fused-ring (bicyclic) bond motifs is 3. The van der Waals surface area contributed by atoms with E-state index < -0.39 is 0 Å². The Balaban J connectivity index is 1.47. The molecule has 0 aromatic heterocycles. The topological polar surface area (TPSA) is 71.0 Å². The number of carbonyl (C=O) groups is 2. The summed E-state index contributed by atoms with van der Waals surface area (Å²) in [6.45, 7) is 6.13. The number of esters is 1. The molecule has 180 valence electrons. The van der Waals surface area contributed by atoms with Gasteiger partial charge in [0.25, 0.3) is 0 Å². The zero-order valence-corrected chi connectivity index (χ0v) is 21.2. The summed E-state index contributed by atoms with van der Waals surface area (Å²) in [5.41, 5.74) is 5.45. The van der Waals surface area contributed by atoms with Crippen molar-refractivity contribution in [3.8, 4) is 0 Å². The maximum Gasteiger partial charge on any atom is 0.338 e. The maximum absolute atomic E-state index is 13.1. The number of thioether (sulfide) groups is 1. The van der Waals surface area contributed by atoms with E-state index in [1.807, 2.05) is 12.3 Å². The number of nitrogens with one attached hydrogen (secondary N) is 1. The van der Waals surface area contributed by atoms with Crippen LogP contribution in [0.4, 0.5) is 0 Å². The van der Waals surface area contributed by atoms with Crippen molar-refractivity contribution in [2.75, 3.05) is 7.11 Å². The lowest BCUT2D eigenvalue weighted by molar-refractivity contribution is -0.136. The number of carbonyl (C=O) groups excluding carboxylic acids is 2. The first kappa shape index (κ1) is 23.2. The molecule has 4 aliphatic rings. The van der Waals surface area contributed by atoms with E-state index in [9.17, 15) is 9.59 Å². The van der Waals surface area contributed by atoms with Crippen LogP contribution in [0, 0.1) is 25.7 Å². The lowest BCUT2D eigenvalue weighted by Crippen LogP contribution is -2.41. The van der Waals surface area contributed by atoms with Crippen molar-refractivity contribution >= 4 is 28.8 Å². The summed E-state index contributed by atoms with van der Waals surface area (Å²) in [6.07, 6.45) is 5.82. The molecule has 1 amide bonds. The minimum Gasteiger partial charge on any atom is -0.466 e. The Hall–Kier alpha value is -2.54. The first-order valence-electron chi connectivity index (χ1n) is 12.3. The third-order valence-corrected chi connectivity index (χ3v) is 8.67. The molecule has 5 rings (SSSR count). The molecule has 0 spiro atoms. The average molecular weight is 480 g/mol. The van der Waals surface area contributed by atoms with E-state index in [4.69, 9.17) is 9.73 Å². The minimum absolute atomic E-state index is 0.0512. The number of amides is 1. The molecule has 2 bridgehead atoms. The van der Waals surface area contributed by atoms with E-state index in [1.54, 1.807) is 0 Å². The SMILES string of the molecule is CCC1=C(C(=O)OC)[C@H](c2cc(C)ccc2C)N2C(CC(=O)N[C@@H]3C[C@H]4CC[C@H]3C4)=CSC2=N1. The van der Waals surface area contributed by atoms with Gasteiger partial charge in [0.2, 0.25) is 5.91 Å².